The molecule has 0 saturated carbocycles. The highest BCUT2D eigenvalue weighted by molar-refractivity contribution is 6.04. The van der Waals surface area contributed by atoms with Gasteiger partial charge in [0.2, 0.25) is 5.56 Å². The predicted octanol–water partition coefficient (Wildman–Crippen LogP) is 1.72. The first-order valence-corrected chi connectivity index (χ1v) is 6.06. The number of carbonyl (C=O) groups excluding carboxylic acids is 1. The number of carboxylic acid groups (broad SMARTS) is 1. The predicted molar refractivity (Wildman–Crippen MR) is 78.1 cm³/mol. The Morgan fingerprint density at radius 1 is 1.10 bits per heavy atom. The summed E-state index contributed by atoms with van der Waals surface area (Å²) in [5, 5.41) is 11.2. The van der Waals surface area contributed by atoms with Gasteiger partial charge in [-0.1, -0.05) is 12.1 Å². The van der Waals surface area contributed by atoms with Crippen molar-refractivity contribution in [1.82, 2.24) is 4.98 Å². The number of pyridine rings is 1. The van der Waals surface area contributed by atoms with Gasteiger partial charge in [-0.3, -0.25) is 9.59 Å². The van der Waals surface area contributed by atoms with Gasteiger partial charge < -0.3 is 15.4 Å². The van der Waals surface area contributed by atoms with E-state index in [-0.39, 0.29) is 11.5 Å². The first-order valence-electron chi connectivity index (χ1n) is 6.06. The molecular weight excluding hydrogens is 272 g/mol. The smallest absolute Gasteiger partial charge is 0.328 e. The summed E-state index contributed by atoms with van der Waals surface area (Å²) in [6.45, 7) is 0. The Morgan fingerprint density at radius 3 is 2.38 bits per heavy atom. The molecule has 2 aromatic rings. The van der Waals surface area contributed by atoms with E-state index in [1.54, 1.807) is 24.3 Å². The number of anilines is 1. The zero-order chi connectivity index (χ0) is 15.2. The van der Waals surface area contributed by atoms with Crippen LogP contribution in [0.3, 0.4) is 0 Å². The topological polar surface area (TPSA) is 99.3 Å². The summed E-state index contributed by atoms with van der Waals surface area (Å²) in [7, 11) is 0. The van der Waals surface area contributed by atoms with Gasteiger partial charge in [-0.2, -0.15) is 0 Å². The Morgan fingerprint density at radius 2 is 1.81 bits per heavy atom. The molecule has 2 rings (SSSR count). The fourth-order valence-corrected chi connectivity index (χ4v) is 1.60. The molecule has 106 valence electrons. The van der Waals surface area contributed by atoms with Crippen LogP contribution in [0, 0.1) is 0 Å². The SMILES string of the molecule is O=C(O)/C=C/c1ccc(NC(=O)c2ccc(=O)[nH]c2)cc1. The zero-order valence-electron chi connectivity index (χ0n) is 10.9. The molecule has 0 atom stereocenters. The van der Waals surface area contributed by atoms with E-state index in [1.165, 1.54) is 24.4 Å². The van der Waals surface area contributed by atoms with Crippen LogP contribution in [0.15, 0.2) is 53.5 Å². The molecule has 1 aromatic carbocycles. The molecule has 6 heteroatoms. The number of aromatic nitrogens is 1. The van der Waals surface area contributed by atoms with E-state index in [0.717, 1.165) is 6.08 Å². The van der Waals surface area contributed by atoms with Crippen molar-refractivity contribution in [3.8, 4) is 0 Å². The van der Waals surface area contributed by atoms with Crippen LogP contribution in [0.4, 0.5) is 5.69 Å². The van der Waals surface area contributed by atoms with Crippen molar-refractivity contribution >= 4 is 23.6 Å². The monoisotopic (exact) mass is 284 g/mol. The number of hydrogen-bond acceptors (Lipinski definition) is 3. The number of amides is 1. The van der Waals surface area contributed by atoms with E-state index in [4.69, 9.17) is 5.11 Å². The highest BCUT2D eigenvalue weighted by Crippen LogP contribution is 2.12. The van der Waals surface area contributed by atoms with E-state index >= 15 is 0 Å². The van der Waals surface area contributed by atoms with Crippen molar-refractivity contribution in [3.63, 3.8) is 0 Å². The van der Waals surface area contributed by atoms with Crippen LogP contribution < -0.4 is 10.9 Å². The second kappa shape index (κ2) is 6.33. The van der Waals surface area contributed by atoms with Gasteiger partial charge in [-0.25, -0.2) is 4.79 Å². The minimum atomic E-state index is -1.02. The molecule has 0 radical (unpaired) electrons. The molecule has 21 heavy (non-hydrogen) atoms. The molecule has 1 aromatic heterocycles. The number of hydrogen-bond donors (Lipinski definition) is 3. The third-order valence-corrected chi connectivity index (χ3v) is 2.63. The summed E-state index contributed by atoms with van der Waals surface area (Å²) in [5.74, 6) is -1.37. The van der Waals surface area contributed by atoms with Gasteiger partial charge in [-0.05, 0) is 29.8 Å². The lowest BCUT2D eigenvalue weighted by Gasteiger charge is -2.05. The number of carbonyl (C=O) groups is 2. The first-order chi connectivity index (χ1) is 10.0. The molecule has 0 aliphatic carbocycles. The van der Waals surface area contributed by atoms with Gasteiger partial charge in [-0.15, -0.1) is 0 Å². The Bertz CT molecular complexity index is 725. The second-order valence-electron chi connectivity index (χ2n) is 4.19. The molecule has 1 amide bonds. The molecule has 0 unspecified atom stereocenters. The minimum absolute atomic E-state index is 0.277. The molecule has 0 aliphatic rings. The van der Waals surface area contributed by atoms with Crippen molar-refractivity contribution in [2.75, 3.05) is 5.32 Å². The largest absolute Gasteiger partial charge is 0.478 e. The third kappa shape index (κ3) is 4.17. The Labute approximate surface area is 119 Å². The summed E-state index contributed by atoms with van der Waals surface area (Å²) >= 11 is 0. The summed E-state index contributed by atoms with van der Waals surface area (Å²) < 4.78 is 0. The molecule has 0 bridgehead atoms. The molecule has 1 heterocycles. The van der Waals surface area contributed by atoms with Crippen LogP contribution in [-0.4, -0.2) is 22.0 Å². The molecule has 0 saturated heterocycles. The average Bonchev–Trinajstić information content (AvgIpc) is 2.47. The Balaban J connectivity index is 2.06. The van der Waals surface area contributed by atoms with E-state index in [9.17, 15) is 14.4 Å². The first kappa shape index (κ1) is 14.3. The quantitative estimate of drug-likeness (QED) is 0.744. The standard InChI is InChI=1S/C15H12N2O4/c18-13-7-4-11(9-16-13)15(21)17-12-5-1-10(2-6-12)3-8-14(19)20/h1-9H,(H,16,18)(H,17,21)(H,19,20)/b8-3+. The number of aliphatic carboxylic acids is 1. The summed E-state index contributed by atoms with van der Waals surface area (Å²) in [6.07, 6.45) is 3.82. The maximum atomic E-state index is 11.9. The lowest BCUT2D eigenvalue weighted by molar-refractivity contribution is -0.131. The average molecular weight is 284 g/mol. The fraction of sp³-hybridized carbons (Fsp3) is 0. The highest BCUT2D eigenvalue weighted by Gasteiger charge is 2.05. The van der Waals surface area contributed by atoms with Crippen molar-refractivity contribution in [3.05, 3.63) is 70.2 Å². The normalized spacial score (nSPS) is 10.5. The molecule has 6 nitrogen and oxygen atoms in total. The molecule has 0 fully saturated rings. The Hall–Kier alpha value is -3.15. The van der Waals surface area contributed by atoms with Gasteiger partial charge in [0.25, 0.3) is 5.91 Å². The van der Waals surface area contributed by atoms with Crippen molar-refractivity contribution in [1.29, 1.82) is 0 Å². The molecular formula is C15H12N2O4. The number of rotatable bonds is 4. The minimum Gasteiger partial charge on any atom is -0.478 e. The zero-order valence-corrected chi connectivity index (χ0v) is 10.9. The highest BCUT2D eigenvalue weighted by atomic mass is 16.4. The molecule has 0 aliphatic heterocycles. The van der Waals surface area contributed by atoms with Crippen LogP contribution in [0.25, 0.3) is 6.08 Å². The maximum absolute atomic E-state index is 11.9. The van der Waals surface area contributed by atoms with Crippen LogP contribution in [0.5, 0.6) is 0 Å². The van der Waals surface area contributed by atoms with Crippen molar-refractivity contribution in [2.45, 2.75) is 0 Å². The second-order valence-corrected chi connectivity index (χ2v) is 4.19. The van der Waals surface area contributed by atoms with E-state index < -0.39 is 5.97 Å². The number of nitrogens with one attached hydrogen (secondary N) is 2. The Kier molecular flexibility index (Phi) is 4.30. The van der Waals surface area contributed by atoms with Gasteiger partial charge >= 0.3 is 5.97 Å². The summed E-state index contributed by atoms with van der Waals surface area (Å²) in [4.78, 5) is 35.6. The lowest BCUT2D eigenvalue weighted by Crippen LogP contribution is -2.14. The van der Waals surface area contributed by atoms with Crippen LogP contribution >= 0.6 is 0 Å². The number of aromatic amines is 1. The number of benzene rings is 1. The van der Waals surface area contributed by atoms with Gasteiger partial charge in [0.05, 0.1) is 5.56 Å². The van der Waals surface area contributed by atoms with E-state index in [0.29, 0.717) is 16.8 Å². The fourth-order valence-electron chi connectivity index (χ4n) is 1.60. The van der Waals surface area contributed by atoms with Crippen LogP contribution in [0.2, 0.25) is 0 Å². The van der Waals surface area contributed by atoms with Crippen molar-refractivity contribution < 1.29 is 14.7 Å². The number of carboxylic acids is 1. The lowest BCUT2D eigenvalue weighted by atomic mass is 10.2. The maximum Gasteiger partial charge on any atom is 0.328 e. The van der Waals surface area contributed by atoms with E-state index in [1.807, 2.05) is 0 Å². The molecule has 3 N–H and O–H groups in total. The van der Waals surface area contributed by atoms with Crippen LogP contribution in [0.1, 0.15) is 15.9 Å². The van der Waals surface area contributed by atoms with Gasteiger partial charge in [0, 0.05) is 24.0 Å². The van der Waals surface area contributed by atoms with Gasteiger partial charge in [0.1, 0.15) is 0 Å². The van der Waals surface area contributed by atoms with Crippen molar-refractivity contribution in [2.24, 2.45) is 0 Å². The third-order valence-electron chi connectivity index (χ3n) is 2.63. The van der Waals surface area contributed by atoms with Gasteiger partial charge in [0.15, 0.2) is 0 Å². The summed E-state index contributed by atoms with van der Waals surface area (Å²) in [6, 6.07) is 9.38. The summed E-state index contributed by atoms with van der Waals surface area (Å²) in [5.41, 5.74) is 1.34. The number of H-pyrrole nitrogens is 1. The van der Waals surface area contributed by atoms with Crippen LogP contribution in [-0.2, 0) is 4.79 Å². The van der Waals surface area contributed by atoms with E-state index in [2.05, 4.69) is 10.3 Å². The molecule has 0 spiro atoms.